The minimum atomic E-state index is -0.150. The summed E-state index contributed by atoms with van der Waals surface area (Å²) in [6.45, 7) is 4.01. The average Bonchev–Trinajstić information content (AvgIpc) is 3.30. The van der Waals surface area contributed by atoms with Crippen LogP contribution >= 0.6 is 0 Å². The molecule has 2 heterocycles. The summed E-state index contributed by atoms with van der Waals surface area (Å²) in [6.07, 6.45) is 2.60. The minimum absolute atomic E-state index is 0.0295. The second-order valence-electron chi connectivity index (χ2n) is 6.80. The predicted octanol–water partition coefficient (Wildman–Crippen LogP) is 3.16. The standard InChI is InChI=1S/C21H24N2O3/c1-14(15-5-3-2-4-6-15)23-21(24)22-10-7-18-17-9-12-25-19(17)13-16-8-11-26-20(16)18/h2-6,13-14H,7-12H2,1H3,(H2,22,23,24). The molecule has 0 spiro atoms. The SMILES string of the molecule is CC(NC(=O)NCCc1c2c(cc3c1OCC3)OCC2)c1ccccc1. The smallest absolute Gasteiger partial charge is 0.315 e. The van der Waals surface area contributed by atoms with Crippen LogP contribution < -0.4 is 20.1 Å². The van der Waals surface area contributed by atoms with E-state index in [4.69, 9.17) is 9.47 Å². The number of carbonyl (C=O) groups excluding carboxylic acids is 1. The number of benzene rings is 2. The fourth-order valence-electron chi connectivity index (χ4n) is 3.72. The Balaban J connectivity index is 1.36. The van der Waals surface area contributed by atoms with Gasteiger partial charge in [0.25, 0.3) is 0 Å². The van der Waals surface area contributed by atoms with Gasteiger partial charge < -0.3 is 20.1 Å². The quantitative estimate of drug-likeness (QED) is 0.869. The molecular weight excluding hydrogens is 328 g/mol. The van der Waals surface area contributed by atoms with Gasteiger partial charge in [-0.2, -0.15) is 0 Å². The first-order valence-corrected chi connectivity index (χ1v) is 9.25. The molecule has 0 aromatic heterocycles. The van der Waals surface area contributed by atoms with Crippen molar-refractivity contribution in [2.45, 2.75) is 32.2 Å². The van der Waals surface area contributed by atoms with Crippen LogP contribution in [0, 0.1) is 0 Å². The molecule has 0 radical (unpaired) electrons. The van der Waals surface area contributed by atoms with E-state index in [0.717, 1.165) is 49.5 Å². The van der Waals surface area contributed by atoms with Crippen LogP contribution in [0.15, 0.2) is 36.4 Å². The monoisotopic (exact) mass is 352 g/mol. The van der Waals surface area contributed by atoms with Gasteiger partial charge in [-0.05, 0) is 25.0 Å². The Kier molecular flexibility index (Phi) is 4.69. The van der Waals surface area contributed by atoms with E-state index in [1.165, 1.54) is 16.7 Å². The highest BCUT2D eigenvalue weighted by atomic mass is 16.5. The maximum absolute atomic E-state index is 12.2. The van der Waals surface area contributed by atoms with E-state index >= 15 is 0 Å². The molecule has 0 saturated heterocycles. The van der Waals surface area contributed by atoms with Crippen molar-refractivity contribution in [1.82, 2.24) is 10.6 Å². The molecular formula is C21H24N2O3. The molecule has 2 aromatic carbocycles. The zero-order chi connectivity index (χ0) is 17.9. The molecule has 2 amide bonds. The molecule has 2 aliphatic rings. The van der Waals surface area contributed by atoms with Gasteiger partial charge in [0.2, 0.25) is 0 Å². The van der Waals surface area contributed by atoms with Crippen molar-refractivity contribution in [3.63, 3.8) is 0 Å². The normalized spacial score (nSPS) is 15.4. The first-order valence-electron chi connectivity index (χ1n) is 9.25. The number of hydrogen-bond donors (Lipinski definition) is 2. The lowest BCUT2D eigenvalue weighted by Gasteiger charge is -2.16. The number of carbonyl (C=O) groups is 1. The van der Waals surface area contributed by atoms with Gasteiger partial charge in [0.05, 0.1) is 19.3 Å². The molecule has 26 heavy (non-hydrogen) atoms. The van der Waals surface area contributed by atoms with E-state index in [1.54, 1.807) is 0 Å². The predicted molar refractivity (Wildman–Crippen MR) is 99.9 cm³/mol. The van der Waals surface area contributed by atoms with Crippen LogP contribution in [0.3, 0.4) is 0 Å². The number of nitrogens with one attached hydrogen (secondary N) is 2. The first-order chi connectivity index (χ1) is 12.7. The van der Waals surface area contributed by atoms with Crippen LogP contribution in [0.1, 0.15) is 35.2 Å². The molecule has 0 bridgehead atoms. The Labute approximate surface area is 153 Å². The summed E-state index contributed by atoms with van der Waals surface area (Å²) >= 11 is 0. The van der Waals surface area contributed by atoms with Crippen LogP contribution in [0.5, 0.6) is 11.5 Å². The average molecular weight is 352 g/mol. The largest absolute Gasteiger partial charge is 0.493 e. The van der Waals surface area contributed by atoms with Crippen molar-refractivity contribution in [2.24, 2.45) is 0 Å². The number of rotatable bonds is 5. The van der Waals surface area contributed by atoms with Gasteiger partial charge in [0.1, 0.15) is 11.5 Å². The Morgan fingerprint density at radius 1 is 1.15 bits per heavy atom. The van der Waals surface area contributed by atoms with Crippen molar-refractivity contribution < 1.29 is 14.3 Å². The molecule has 2 N–H and O–H groups in total. The lowest BCUT2D eigenvalue weighted by Crippen LogP contribution is -2.38. The number of ether oxygens (including phenoxy) is 2. The number of hydrogen-bond acceptors (Lipinski definition) is 3. The maximum Gasteiger partial charge on any atom is 0.315 e. The highest BCUT2D eigenvalue weighted by Gasteiger charge is 2.26. The van der Waals surface area contributed by atoms with E-state index in [0.29, 0.717) is 6.54 Å². The van der Waals surface area contributed by atoms with E-state index in [2.05, 4.69) is 16.7 Å². The topological polar surface area (TPSA) is 59.6 Å². The van der Waals surface area contributed by atoms with Crippen molar-refractivity contribution in [2.75, 3.05) is 19.8 Å². The van der Waals surface area contributed by atoms with Gasteiger partial charge in [-0.3, -0.25) is 0 Å². The lowest BCUT2D eigenvalue weighted by molar-refractivity contribution is 0.238. The molecule has 5 nitrogen and oxygen atoms in total. The van der Waals surface area contributed by atoms with Crippen LogP contribution in [-0.2, 0) is 19.3 Å². The third-order valence-corrected chi connectivity index (χ3v) is 5.07. The van der Waals surface area contributed by atoms with Gasteiger partial charge in [-0.1, -0.05) is 30.3 Å². The van der Waals surface area contributed by atoms with E-state index < -0.39 is 0 Å². The molecule has 5 heteroatoms. The van der Waals surface area contributed by atoms with Crippen LogP contribution in [-0.4, -0.2) is 25.8 Å². The molecule has 2 aromatic rings. The van der Waals surface area contributed by atoms with Gasteiger partial charge >= 0.3 is 6.03 Å². The fraction of sp³-hybridized carbons (Fsp3) is 0.381. The second-order valence-corrected chi connectivity index (χ2v) is 6.80. The summed E-state index contributed by atoms with van der Waals surface area (Å²) in [4.78, 5) is 12.2. The fourth-order valence-corrected chi connectivity index (χ4v) is 3.72. The highest BCUT2D eigenvalue weighted by Crippen LogP contribution is 2.40. The zero-order valence-corrected chi connectivity index (χ0v) is 15.0. The molecule has 0 fully saturated rings. The van der Waals surface area contributed by atoms with Crippen molar-refractivity contribution in [3.8, 4) is 11.5 Å². The summed E-state index contributed by atoms with van der Waals surface area (Å²) in [5.41, 5.74) is 4.75. The molecule has 0 aliphatic carbocycles. The Hall–Kier alpha value is -2.69. The Bertz CT molecular complexity index is 772. The van der Waals surface area contributed by atoms with Crippen molar-refractivity contribution in [3.05, 3.63) is 58.7 Å². The first kappa shape index (κ1) is 16.8. The van der Waals surface area contributed by atoms with Gasteiger partial charge in [-0.15, -0.1) is 0 Å². The Morgan fingerprint density at radius 3 is 2.81 bits per heavy atom. The summed E-state index contributed by atoms with van der Waals surface area (Å²) < 4.78 is 11.6. The van der Waals surface area contributed by atoms with E-state index in [1.807, 2.05) is 37.3 Å². The van der Waals surface area contributed by atoms with Crippen LogP contribution in [0.25, 0.3) is 0 Å². The molecule has 4 rings (SSSR count). The number of urea groups is 1. The number of amides is 2. The minimum Gasteiger partial charge on any atom is -0.493 e. The summed E-state index contributed by atoms with van der Waals surface area (Å²) in [5, 5.41) is 5.95. The van der Waals surface area contributed by atoms with Gasteiger partial charge in [-0.25, -0.2) is 4.79 Å². The van der Waals surface area contributed by atoms with Gasteiger partial charge in [0.15, 0.2) is 0 Å². The molecule has 2 aliphatic heterocycles. The molecule has 0 saturated carbocycles. The summed E-state index contributed by atoms with van der Waals surface area (Å²) in [6, 6.07) is 11.9. The van der Waals surface area contributed by atoms with Gasteiger partial charge in [0, 0.05) is 36.1 Å². The molecule has 136 valence electrons. The maximum atomic E-state index is 12.2. The molecule has 1 atom stereocenters. The van der Waals surface area contributed by atoms with Crippen molar-refractivity contribution in [1.29, 1.82) is 0 Å². The third kappa shape index (κ3) is 3.34. The van der Waals surface area contributed by atoms with Crippen LogP contribution in [0.2, 0.25) is 0 Å². The number of fused-ring (bicyclic) bond motifs is 2. The Morgan fingerprint density at radius 2 is 1.96 bits per heavy atom. The summed E-state index contributed by atoms with van der Waals surface area (Å²) in [5.74, 6) is 2.00. The highest BCUT2D eigenvalue weighted by molar-refractivity contribution is 5.74. The lowest BCUT2D eigenvalue weighted by atomic mass is 9.97. The third-order valence-electron chi connectivity index (χ3n) is 5.07. The summed E-state index contributed by atoms with van der Waals surface area (Å²) in [7, 11) is 0. The van der Waals surface area contributed by atoms with Crippen LogP contribution in [0.4, 0.5) is 4.79 Å². The van der Waals surface area contributed by atoms with E-state index in [9.17, 15) is 4.79 Å². The zero-order valence-electron chi connectivity index (χ0n) is 15.0. The second kappa shape index (κ2) is 7.28. The van der Waals surface area contributed by atoms with Crippen molar-refractivity contribution >= 4 is 6.03 Å². The molecule has 1 unspecified atom stereocenters. The van der Waals surface area contributed by atoms with E-state index in [-0.39, 0.29) is 12.1 Å².